The molecule has 0 spiro atoms. The van der Waals surface area contributed by atoms with Gasteiger partial charge in [0.2, 0.25) is 0 Å². The number of halogens is 1. The predicted octanol–water partition coefficient (Wildman–Crippen LogP) is 1.36. The third-order valence-electron chi connectivity index (χ3n) is 5.99. The number of nitrogens with one attached hydrogen (secondary N) is 4. The minimum Gasteiger partial charge on any atom is -0.387 e. The number of hydrogen-bond acceptors (Lipinski definition) is 7. The average Bonchev–Trinajstić information content (AvgIpc) is 2.91. The summed E-state index contributed by atoms with van der Waals surface area (Å²) in [5, 5.41) is 38.4. The number of benzene rings is 2. The van der Waals surface area contributed by atoms with Gasteiger partial charge in [0.25, 0.3) is 11.8 Å². The first-order valence-corrected chi connectivity index (χ1v) is 12.1. The van der Waals surface area contributed by atoms with Crippen molar-refractivity contribution < 1.29 is 19.8 Å². The molecule has 0 unspecified atom stereocenters. The normalized spacial score (nSPS) is 18.3. The zero-order valence-electron chi connectivity index (χ0n) is 20.0. The topological polar surface area (TPSA) is 138 Å². The molecule has 2 amide bonds. The molecule has 0 bridgehead atoms. The van der Waals surface area contributed by atoms with Crippen molar-refractivity contribution >= 4 is 29.1 Å². The first kappa shape index (κ1) is 27.3. The van der Waals surface area contributed by atoms with Crippen LogP contribution in [-0.2, 0) is 16.1 Å². The molecule has 0 radical (unpaired) electrons. The van der Waals surface area contributed by atoms with Crippen LogP contribution in [0.25, 0.3) is 0 Å². The van der Waals surface area contributed by atoms with E-state index in [-0.39, 0.29) is 11.8 Å². The third-order valence-corrected chi connectivity index (χ3v) is 6.36. The summed E-state index contributed by atoms with van der Waals surface area (Å²) in [6.45, 7) is 3.40. The molecule has 10 heteroatoms. The quantitative estimate of drug-likeness (QED) is 0.265. The Labute approximate surface area is 215 Å². The van der Waals surface area contributed by atoms with Gasteiger partial charge in [0.05, 0.1) is 17.8 Å². The second-order valence-electron chi connectivity index (χ2n) is 8.54. The summed E-state index contributed by atoms with van der Waals surface area (Å²) >= 11 is 6.11. The van der Waals surface area contributed by atoms with E-state index < -0.39 is 30.1 Å². The number of hydrogen-bond donors (Lipinski definition) is 6. The Morgan fingerprint density at radius 1 is 1.17 bits per heavy atom. The van der Waals surface area contributed by atoms with Crippen molar-refractivity contribution in [1.29, 1.82) is 5.41 Å². The van der Waals surface area contributed by atoms with E-state index in [9.17, 15) is 19.8 Å². The number of amides is 2. The van der Waals surface area contributed by atoms with Gasteiger partial charge < -0.3 is 36.5 Å². The number of aliphatic hydroxyl groups excluding tert-OH is 2. The van der Waals surface area contributed by atoms with Crippen LogP contribution < -0.4 is 16.0 Å². The highest BCUT2D eigenvalue weighted by Crippen LogP contribution is 2.23. The fourth-order valence-corrected chi connectivity index (χ4v) is 4.07. The third kappa shape index (κ3) is 7.14. The maximum absolute atomic E-state index is 13.0. The molecule has 1 fully saturated rings. The molecule has 36 heavy (non-hydrogen) atoms. The second-order valence-corrected chi connectivity index (χ2v) is 8.95. The molecule has 1 heterocycles. The smallest absolute Gasteiger partial charge is 0.255 e. The Morgan fingerprint density at radius 3 is 2.58 bits per heavy atom. The number of carbonyl (C=O) groups excluding carboxylic acids is 2. The van der Waals surface area contributed by atoms with Gasteiger partial charge in [-0.1, -0.05) is 60.1 Å². The monoisotopic (exact) mass is 513 g/mol. The van der Waals surface area contributed by atoms with Gasteiger partial charge in [-0.05, 0) is 36.4 Å². The van der Waals surface area contributed by atoms with Crippen LogP contribution >= 0.6 is 11.6 Å². The number of piperazine rings is 1. The molecule has 1 aliphatic rings. The lowest BCUT2D eigenvalue weighted by molar-refractivity contribution is -0.155. The van der Waals surface area contributed by atoms with Crippen LogP contribution in [0.15, 0.2) is 66.9 Å². The molecule has 3 rings (SSSR count). The van der Waals surface area contributed by atoms with E-state index >= 15 is 0 Å². The summed E-state index contributed by atoms with van der Waals surface area (Å²) in [6, 6.07) is 15.7. The van der Waals surface area contributed by atoms with E-state index in [1.807, 2.05) is 48.5 Å². The van der Waals surface area contributed by atoms with Gasteiger partial charge in [-0.25, -0.2) is 0 Å². The molecule has 1 aliphatic heterocycles. The Kier molecular flexibility index (Phi) is 10.0. The van der Waals surface area contributed by atoms with Gasteiger partial charge in [0.15, 0.2) is 12.2 Å². The highest BCUT2D eigenvalue weighted by molar-refractivity contribution is 6.31. The summed E-state index contributed by atoms with van der Waals surface area (Å²) in [7, 11) is 0. The van der Waals surface area contributed by atoms with Crippen LogP contribution in [0.4, 0.5) is 0 Å². The molecule has 1 saturated heterocycles. The van der Waals surface area contributed by atoms with Crippen LogP contribution in [0.1, 0.15) is 24.1 Å². The van der Waals surface area contributed by atoms with Crippen molar-refractivity contribution in [3.8, 4) is 0 Å². The van der Waals surface area contributed by atoms with Gasteiger partial charge in [-0.15, -0.1) is 0 Å². The number of carbonyl (C=O) groups is 2. The summed E-state index contributed by atoms with van der Waals surface area (Å²) in [4.78, 5) is 27.0. The Hall–Kier alpha value is -3.24. The van der Waals surface area contributed by atoms with Crippen molar-refractivity contribution in [3.05, 3.63) is 83.0 Å². The highest BCUT2D eigenvalue weighted by Gasteiger charge is 2.37. The van der Waals surface area contributed by atoms with Gasteiger partial charge >= 0.3 is 0 Å². The summed E-state index contributed by atoms with van der Waals surface area (Å²) in [5.41, 5.74) is 1.85. The Morgan fingerprint density at radius 2 is 1.86 bits per heavy atom. The first-order valence-electron chi connectivity index (χ1n) is 11.7. The van der Waals surface area contributed by atoms with Crippen molar-refractivity contribution in [1.82, 2.24) is 20.9 Å². The molecule has 0 aromatic heterocycles. The van der Waals surface area contributed by atoms with Gasteiger partial charge in [0, 0.05) is 31.2 Å². The summed E-state index contributed by atoms with van der Waals surface area (Å²) in [6.07, 6.45) is -0.858. The summed E-state index contributed by atoms with van der Waals surface area (Å²) in [5.74, 6) is -1.66. The average molecular weight is 514 g/mol. The molecule has 9 nitrogen and oxygen atoms in total. The standard InChI is InChI=1S/C26H32ClN5O4/c1-17(21(28)11-12-29-15-19-9-5-6-10-20(19)27)31-25(35)23(33)24(34)26(36)32-14-13-30-16-22(32)18-7-3-2-4-8-18/h2-12,17,22-24,28-30,33-34H,13-16H2,1H3,(H,31,35)/b12-11-,28-21?/t17-,22+,23-,24-/m1/s1. The molecule has 2 aromatic rings. The minimum atomic E-state index is -1.97. The first-order chi connectivity index (χ1) is 17.3. The van der Waals surface area contributed by atoms with Crippen LogP contribution in [0, 0.1) is 5.41 Å². The second kappa shape index (κ2) is 13.2. The van der Waals surface area contributed by atoms with Crippen molar-refractivity contribution in [3.63, 3.8) is 0 Å². The largest absolute Gasteiger partial charge is 0.387 e. The molecular weight excluding hydrogens is 482 g/mol. The number of nitrogens with zero attached hydrogens (tertiary/aromatic N) is 1. The predicted molar refractivity (Wildman–Crippen MR) is 139 cm³/mol. The number of rotatable bonds is 10. The minimum absolute atomic E-state index is 0.0641. The van der Waals surface area contributed by atoms with Crippen LogP contribution in [0.5, 0.6) is 0 Å². The van der Waals surface area contributed by atoms with E-state index in [1.54, 1.807) is 19.2 Å². The van der Waals surface area contributed by atoms with Crippen molar-refractivity contribution in [2.75, 3.05) is 19.6 Å². The van der Waals surface area contributed by atoms with E-state index in [0.717, 1.165) is 11.1 Å². The number of aliphatic hydroxyl groups is 2. The highest BCUT2D eigenvalue weighted by atomic mass is 35.5. The molecule has 4 atom stereocenters. The van der Waals surface area contributed by atoms with E-state index in [1.165, 1.54) is 11.0 Å². The van der Waals surface area contributed by atoms with Crippen LogP contribution in [-0.4, -0.2) is 70.5 Å². The fourth-order valence-electron chi connectivity index (χ4n) is 3.87. The molecule has 192 valence electrons. The SMILES string of the molecule is C[C@@H](NC(=O)[C@H](O)[C@@H](O)C(=O)N1CCNC[C@H]1c1ccccc1)C(=N)/C=C\NCc1ccccc1Cl. The molecular formula is C26H32ClN5O4. The molecule has 0 saturated carbocycles. The zero-order valence-corrected chi connectivity index (χ0v) is 20.8. The van der Waals surface area contributed by atoms with Gasteiger partial charge in [-0.3, -0.25) is 9.59 Å². The van der Waals surface area contributed by atoms with E-state index in [4.69, 9.17) is 17.0 Å². The summed E-state index contributed by atoms with van der Waals surface area (Å²) < 4.78 is 0. The van der Waals surface area contributed by atoms with Crippen molar-refractivity contribution in [2.24, 2.45) is 0 Å². The zero-order chi connectivity index (χ0) is 26.1. The van der Waals surface area contributed by atoms with Gasteiger partial charge in [0.1, 0.15) is 0 Å². The molecule has 6 N–H and O–H groups in total. The lowest BCUT2D eigenvalue weighted by atomic mass is 10.0. The van der Waals surface area contributed by atoms with Crippen LogP contribution in [0.3, 0.4) is 0 Å². The van der Waals surface area contributed by atoms with E-state index in [2.05, 4.69) is 16.0 Å². The maximum Gasteiger partial charge on any atom is 0.255 e. The fraction of sp³-hybridized carbons (Fsp3) is 0.346. The molecule has 2 aromatic carbocycles. The van der Waals surface area contributed by atoms with Crippen molar-refractivity contribution in [2.45, 2.75) is 37.8 Å². The van der Waals surface area contributed by atoms with Crippen LogP contribution in [0.2, 0.25) is 5.02 Å². The Balaban J connectivity index is 1.52. The maximum atomic E-state index is 13.0. The molecule has 0 aliphatic carbocycles. The van der Waals surface area contributed by atoms with Gasteiger partial charge in [-0.2, -0.15) is 0 Å². The van der Waals surface area contributed by atoms with E-state index in [0.29, 0.717) is 31.2 Å². The lowest BCUT2D eigenvalue weighted by Gasteiger charge is -2.38. The Bertz CT molecular complexity index is 1080. The lowest BCUT2D eigenvalue weighted by Crippen LogP contribution is -2.56.